The first-order valence-corrected chi connectivity index (χ1v) is 8.75. The van der Waals surface area contributed by atoms with Crippen LogP contribution in [0.5, 0.6) is 0 Å². The van der Waals surface area contributed by atoms with Gasteiger partial charge in [0.2, 0.25) is 0 Å². The van der Waals surface area contributed by atoms with E-state index in [0.717, 1.165) is 0 Å². The van der Waals surface area contributed by atoms with Crippen molar-refractivity contribution in [2.75, 3.05) is 0 Å². The van der Waals surface area contributed by atoms with Crippen molar-refractivity contribution < 1.29 is 145 Å². The fourth-order valence-corrected chi connectivity index (χ4v) is 3.57. The Labute approximate surface area is 225 Å². The van der Waals surface area contributed by atoms with Crippen molar-refractivity contribution >= 4 is 22.1 Å². The third-order valence-electron chi connectivity index (χ3n) is 3.94. The summed E-state index contributed by atoms with van der Waals surface area (Å²) in [6.07, 6.45) is -31.3. The summed E-state index contributed by atoms with van der Waals surface area (Å²) in [6, 6.07) is 0. The summed E-state index contributed by atoms with van der Waals surface area (Å²) in [4.78, 5) is 22.2. The number of alkyl halides is 12. The standard InChI is InChI=1S/C12H10F12O7S.2Na/c13-5(11(19,20)21)9(15,16)1-3(4(25)26)8(7(27)28,32(29,30)31)2-10(17,18)6(14)12(22,23)24;;/h3,5-6H,1-2H2,(H,25,26)(H,27,28)(H,29,30,31);;/q;2*+1/p-2. The number of aliphatic carboxylic acids is 2. The molecule has 0 bridgehead atoms. The van der Waals surface area contributed by atoms with Gasteiger partial charge in [0.25, 0.3) is 34.3 Å². The number of carboxylic acid groups (broad SMARTS) is 2. The summed E-state index contributed by atoms with van der Waals surface area (Å²) >= 11 is 0. The van der Waals surface area contributed by atoms with E-state index in [2.05, 4.69) is 0 Å². The molecule has 0 aliphatic heterocycles. The number of carbonyl (C=O) groups excluding carboxylic acids is 2. The second kappa shape index (κ2) is 12.0. The van der Waals surface area contributed by atoms with Crippen LogP contribution in [0.3, 0.4) is 0 Å². The number of halogens is 12. The number of hydrogen-bond acceptors (Lipinski definition) is 6. The van der Waals surface area contributed by atoms with Crippen LogP contribution in [0.4, 0.5) is 52.7 Å². The van der Waals surface area contributed by atoms with E-state index >= 15 is 0 Å². The monoisotopic (exact) mass is 570 g/mol. The topological polar surface area (TPSA) is 135 Å². The minimum absolute atomic E-state index is 0. The molecule has 1 N–H and O–H groups in total. The zero-order chi connectivity index (χ0) is 26.3. The average Bonchev–Trinajstić information content (AvgIpc) is 2.53. The van der Waals surface area contributed by atoms with Crippen molar-refractivity contribution in [2.45, 2.75) is 54.1 Å². The van der Waals surface area contributed by atoms with Crippen LogP contribution in [0.2, 0.25) is 0 Å². The Bertz CT molecular complexity index is 832. The van der Waals surface area contributed by atoms with Gasteiger partial charge in [-0.25, -0.2) is 26.3 Å². The molecule has 34 heavy (non-hydrogen) atoms. The van der Waals surface area contributed by atoms with Crippen LogP contribution in [-0.4, -0.2) is 66.2 Å². The Morgan fingerprint density at radius 2 is 1.09 bits per heavy atom. The molecular weight excluding hydrogens is 562 g/mol. The molecule has 0 aromatic heterocycles. The summed E-state index contributed by atoms with van der Waals surface area (Å²) in [5, 5.41) is 22.2. The van der Waals surface area contributed by atoms with Crippen molar-refractivity contribution in [1.82, 2.24) is 0 Å². The molecule has 22 heteroatoms. The molecule has 4 atom stereocenters. The zero-order valence-electron chi connectivity index (χ0n) is 16.5. The Hall–Kier alpha value is 0.01000. The maximum Gasteiger partial charge on any atom is 1.00 e. The van der Waals surface area contributed by atoms with Gasteiger partial charge in [-0.1, -0.05) is 0 Å². The SMILES string of the molecule is O=C([O-])C(CC(F)(F)C(F)C(F)(F)F)C(CC(F)(F)C(F)C(F)(F)F)(C(=O)[O-])S(=O)(=O)O.[Na+].[Na+]. The Kier molecular flexibility index (Phi) is 13.6. The first kappa shape index (κ1) is 38.5. The Balaban J connectivity index is -0.00000480. The third-order valence-corrected chi connectivity index (χ3v) is 5.46. The van der Waals surface area contributed by atoms with E-state index in [1.165, 1.54) is 0 Å². The predicted molar refractivity (Wildman–Crippen MR) is 68.8 cm³/mol. The van der Waals surface area contributed by atoms with Gasteiger partial charge in [0.05, 0.1) is 5.97 Å². The first-order chi connectivity index (χ1) is 13.7. The molecule has 0 fully saturated rings. The third kappa shape index (κ3) is 8.55. The fraction of sp³-hybridized carbons (Fsp3) is 0.833. The molecule has 0 saturated carbocycles. The summed E-state index contributed by atoms with van der Waals surface area (Å²) in [7, 11) is -7.15. The van der Waals surface area contributed by atoms with E-state index in [1.807, 2.05) is 0 Å². The quantitative estimate of drug-likeness (QED) is 0.158. The van der Waals surface area contributed by atoms with Crippen molar-refractivity contribution in [2.24, 2.45) is 5.92 Å². The van der Waals surface area contributed by atoms with Crippen LogP contribution < -0.4 is 69.3 Å². The van der Waals surface area contributed by atoms with Crippen LogP contribution in [0, 0.1) is 5.92 Å². The van der Waals surface area contributed by atoms with Crippen LogP contribution in [0.25, 0.3) is 0 Å². The van der Waals surface area contributed by atoms with Crippen molar-refractivity contribution in [3.05, 3.63) is 0 Å². The fourth-order valence-electron chi connectivity index (χ4n) is 2.45. The molecule has 0 aromatic carbocycles. The Morgan fingerprint density at radius 1 is 0.765 bits per heavy atom. The summed E-state index contributed by atoms with van der Waals surface area (Å²) < 4.78 is 180. The number of rotatable bonds is 10. The van der Waals surface area contributed by atoms with Gasteiger partial charge in [0.1, 0.15) is 0 Å². The van der Waals surface area contributed by atoms with Crippen LogP contribution in [0.1, 0.15) is 12.8 Å². The normalized spacial score (nSPS) is 17.9. The average molecular weight is 570 g/mol. The van der Waals surface area contributed by atoms with E-state index in [-0.39, 0.29) is 59.1 Å². The van der Waals surface area contributed by atoms with Crippen molar-refractivity contribution in [1.29, 1.82) is 0 Å². The molecule has 0 rings (SSSR count). The minimum atomic E-state index is -7.15. The Morgan fingerprint density at radius 3 is 1.32 bits per heavy atom. The second-order valence-corrected chi connectivity index (χ2v) is 7.91. The van der Waals surface area contributed by atoms with E-state index in [9.17, 15) is 80.9 Å². The summed E-state index contributed by atoms with van der Waals surface area (Å²) in [5.41, 5.74) is 0. The molecule has 190 valence electrons. The van der Waals surface area contributed by atoms with Gasteiger partial charge in [-0.15, -0.1) is 0 Å². The summed E-state index contributed by atoms with van der Waals surface area (Å²) in [5.74, 6) is -24.4. The molecule has 0 spiro atoms. The molecular formula is C12H8F12Na2O7S. The van der Waals surface area contributed by atoms with Crippen LogP contribution in [-0.2, 0) is 19.7 Å². The second-order valence-electron chi connectivity index (χ2n) is 6.23. The smallest absolute Gasteiger partial charge is 0.550 e. The minimum Gasteiger partial charge on any atom is -0.550 e. The largest absolute Gasteiger partial charge is 1.00 e. The van der Waals surface area contributed by atoms with E-state index in [1.54, 1.807) is 0 Å². The summed E-state index contributed by atoms with van der Waals surface area (Å²) in [6.45, 7) is 0. The van der Waals surface area contributed by atoms with E-state index in [4.69, 9.17) is 4.55 Å². The maximum atomic E-state index is 13.7. The molecule has 7 nitrogen and oxygen atoms in total. The van der Waals surface area contributed by atoms with Gasteiger partial charge >= 0.3 is 71.5 Å². The van der Waals surface area contributed by atoms with Gasteiger partial charge in [0.15, 0.2) is 4.75 Å². The molecule has 0 radical (unpaired) electrons. The van der Waals surface area contributed by atoms with Crippen molar-refractivity contribution in [3.8, 4) is 0 Å². The van der Waals surface area contributed by atoms with Crippen LogP contribution in [0.15, 0.2) is 0 Å². The van der Waals surface area contributed by atoms with E-state index in [0.29, 0.717) is 0 Å². The molecule has 0 aliphatic rings. The number of carbonyl (C=O) groups is 2. The van der Waals surface area contributed by atoms with E-state index < -0.39 is 82.1 Å². The van der Waals surface area contributed by atoms with Gasteiger partial charge in [-0.2, -0.15) is 34.8 Å². The van der Waals surface area contributed by atoms with Gasteiger partial charge in [0, 0.05) is 24.7 Å². The zero-order valence-corrected chi connectivity index (χ0v) is 21.3. The van der Waals surface area contributed by atoms with Crippen LogP contribution >= 0.6 is 0 Å². The van der Waals surface area contributed by atoms with Crippen molar-refractivity contribution in [3.63, 3.8) is 0 Å². The molecule has 0 saturated heterocycles. The molecule has 0 heterocycles. The first-order valence-electron chi connectivity index (χ1n) is 7.31. The molecule has 4 unspecified atom stereocenters. The molecule has 0 aliphatic carbocycles. The predicted octanol–water partition coefficient (Wildman–Crippen LogP) is -5.41. The number of carboxylic acids is 2. The molecule has 0 aromatic rings. The molecule has 0 amide bonds. The van der Waals surface area contributed by atoms with Gasteiger partial charge in [-0.05, 0) is 0 Å². The van der Waals surface area contributed by atoms with Gasteiger partial charge < -0.3 is 19.8 Å². The number of hydrogen-bond donors (Lipinski definition) is 1. The maximum absolute atomic E-state index is 13.7. The van der Waals surface area contributed by atoms with Gasteiger partial charge in [-0.3, -0.25) is 4.55 Å².